The fourth-order valence-corrected chi connectivity index (χ4v) is 5.08. The molecule has 1 aromatic carbocycles. The van der Waals surface area contributed by atoms with Gasteiger partial charge in [0, 0.05) is 10.5 Å². The van der Waals surface area contributed by atoms with E-state index >= 15 is 0 Å². The van der Waals surface area contributed by atoms with E-state index in [0.717, 1.165) is 28.6 Å². The maximum absolute atomic E-state index is 12.4. The number of amides is 1. The molecule has 2 aliphatic rings. The summed E-state index contributed by atoms with van der Waals surface area (Å²) in [5.74, 6) is 1.08. The maximum Gasteiger partial charge on any atom is 0.241 e. The van der Waals surface area contributed by atoms with Gasteiger partial charge in [0.05, 0.1) is 11.9 Å². The first-order valence-corrected chi connectivity index (χ1v) is 10.9. The average Bonchev–Trinajstić information content (AvgIpc) is 3.09. The number of hydrogen-bond donors (Lipinski definition) is 1. The van der Waals surface area contributed by atoms with Crippen LogP contribution in [-0.2, 0) is 14.8 Å². The van der Waals surface area contributed by atoms with Crippen LogP contribution in [0.5, 0.6) is 0 Å². The molecule has 24 heavy (non-hydrogen) atoms. The van der Waals surface area contributed by atoms with Gasteiger partial charge in [0.15, 0.2) is 0 Å². The lowest BCUT2D eigenvalue weighted by molar-refractivity contribution is -0.120. The molecule has 132 valence electrons. The summed E-state index contributed by atoms with van der Waals surface area (Å²) in [7, 11) is -3.53. The lowest BCUT2D eigenvalue weighted by Crippen LogP contribution is -2.45. The first kappa shape index (κ1) is 17.7. The molecule has 1 amide bonds. The molecule has 0 aliphatic heterocycles. The van der Waals surface area contributed by atoms with Crippen LogP contribution >= 0.6 is 15.9 Å². The van der Waals surface area contributed by atoms with Crippen LogP contribution in [0.2, 0.25) is 0 Å². The summed E-state index contributed by atoms with van der Waals surface area (Å²) in [6.45, 7) is 1.72. The van der Waals surface area contributed by atoms with Gasteiger partial charge in [-0.15, -0.1) is 0 Å². The fraction of sp³-hybridized carbons (Fsp3) is 0.588. The number of sulfonamides is 1. The number of aryl methyl sites for hydroxylation is 1. The van der Waals surface area contributed by atoms with Crippen LogP contribution in [-0.4, -0.2) is 33.2 Å². The highest BCUT2D eigenvalue weighted by Crippen LogP contribution is 2.44. The molecule has 5 nitrogen and oxygen atoms in total. The Morgan fingerprint density at radius 2 is 2.08 bits per heavy atom. The Morgan fingerprint density at radius 1 is 1.33 bits per heavy atom. The monoisotopic (exact) mass is 414 g/mol. The second-order valence-corrected chi connectivity index (χ2v) is 9.81. The van der Waals surface area contributed by atoms with Crippen molar-refractivity contribution in [2.75, 3.05) is 17.1 Å². The van der Waals surface area contributed by atoms with E-state index in [2.05, 4.69) is 21.2 Å². The fourth-order valence-electron chi connectivity index (χ4n) is 3.99. The van der Waals surface area contributed by atoms with Gasteiger partial charge in [-0.3, -0.25) is 9.10 Å². The van der Waals surface area contributed by atoms with Crippen LogP contribution in [0.3, 0.4) is 0 Å². The van der Waals surface area contributed by atoms with Crippen LogP contribution in [0.1, 0.15) is 31.2 Å². The third-order valence-corrected chi connectivity index (χ3v) is 7.23. The average molecular weight is 415 g/mol. The van der Waals surface area contributed by atoms with E-state index in [1.807, 2.05) is 6.92 Å². The van der Waals surface area contributed by atoms with Crippen molar-refractivity contribution in [1.29, 1.82) is 0 Å². The summed E-state index contributed by atoms with van der Waals surface area (Å²) in [6, 6.07) is 5.50. The molecule has 0 unspecified atom stereocenters. The summed E-state index contributed by atoms with van der Waals surface area (Å²) >= 11 is 3.41. The van der Waals surface area contributed by atoms with Gasteiger partial charge in [-0.2, -0.15) is 0 Å². The van der Waals surface area contributed by atoms with Crippen LogP contribution in [0, 0.1) is 18.8 Å². The molecule has 3 rings (SSSR count). The molecule has 1 aromatic rings. The third kappa shape index (κ3) is 3.77. The highest BCUT2D eigenvalue weighted by Gasteiger charge is 2.40. The highest BCUT2D eigenvalue weighted by atomic mass is 79.9. The number of anilines is 1. The topological polar surface area (TPSA) is 66.5 Å². The summed E-state index contributed by atoms with van der Waals surface area (Å²) in [6.07, 6.45) is 5.82. The minimum atomic E-state index is -3.53. The van der Waals surface area contributed by atoms with Gasteiger partial charge < -0.3 is 5.32 Å². The SMILES string of the molecule is Cc1cc(N(CC(=O)N[C@H]2C[C@H]3CC[C@H]2C3)S(C)(=O)=O)ccc1Br. The molecule has 2 fully saturated rings. The number of benzene rings is 1. The van der Waals surface area contributed by atoms with Crippen LogP contribution in [0.25, 0.3) is 0 Å². The zero-order chi connectivity index (χ0) is 17.5. The van der Waals surface area contributed by atoms with Crippen LogP contribution in [0.4, 0.5) is 5.69 Å². The number of carbonyl (C=O) groups is 1. The van der Waals surface area contributed by atoms with Crippen molar-refractivity contribution < 1.29 is 13.2 Å². The van der Waals surface area contributed by atoms with Gasteiger partial charge in [0.1, 0.15) is 6.54 Å². The molecule has 0 aromatic heterocycles. The second-order valence-electron chi connectivity index (χ2n) is 7.05. The number of hydrogen-bond acceptors (Lipinski definition) is 3. The van der Waals surface area contributed by atoms with E-state index in [0.29, 0.717) is 11.6 Å². The van der Waals surface area contributed by atoms with Gasteiger partial charge in [0.2, 0.25) is 15.9 Å². The van der Waals surface area contributed by atoms with E-state index in [1.165, 1.54) is 23.6 Å². The van der Waals surface area contributed by atoms with Gasteiger partial charge in [-0.05, 0) is 61.8 Å². The van der Waals surface area contributed by atoms with Gasteiger partial charge >= 0.3 is 0 Å². The smallest absolute Gasteiger partial charge is 0.241 e. The number of nitrogens with one attached hydrogen (secondary N) is 1. The Morgan fingerprint density at radius 3 is 2.62 bits per heavy atom. The molecule has 0 radical (unpaired) electrons. The molecule has 0 saturated heterocycles. The lowest BCUT2D eigenvalue weighted by atomic mass is 9.95. The second kappa shape index (κ2) is 6.67. The van der Waals surface area contributed by atoms with Crippen molar-refractivity contribution in [2.45, 2.75) is 38.6 Å². The molecule has 2 bridgehead atoms. The zero-order valence-corrected chi connectivity index (χ0v) is 16.4. The molecule has 3 atom stereocenters. The Kier molecular flexibility index (Phi) is 4.93. The van der Waals surface area contributed by atoms with E-state index < -0.39 is 10.0 Å². The number of fused-ring (bicyclic) bond motifs is 2. The quantitative estimate of drug-likeness (QED) is 0.805. The number of rotatable bonds is 5. The van der Waals surface area contributed by atoms with E-state index in [9.17, 15) is 13.2 Å². The standard InChI is InChI=1S/C17H23BrN2O3S/c1-11-7-14(5-6-15(11)18)20(24(2,22)23)10-17(21)19-16-9-12-3-4-13(16)8-12/h5-7,12-13,16H,3-4,8-10H2,1-2H3,(H,19,21)/t12-,13-,16-/m0/s1. The van der Waals surface area contributed by atoms with Crippen molar-refractivity contribution >= 4 is 37.5 Å². The molecule has 1 N–H and O–H groups in total. The molecular formula is C17H23BrN2O3S. The maximum atomic E-state index is 12.4. The summed E-state index contributed by atoms with van der Waals surface area (Å²) in [5, 5.41) is 3.05. The van der Waals surface area contributed by atoms with Gasteiger partial charge in [-0.25, -0.2) is 8.42 Å². The Labute approximate surface area is 152 Å². The first-order valence-electron chi connectivity index (χ1n) is 8.27. The summed E-state index contributed by atoms with van der Waals surface area (Å²) in [5.41, 5.74) is 1.44. The largest absolute Gasteiger partial charge is 0.352 e. The normalized spacial score (nSPS) is 25.7. The Balaban J connectivity index is 1.72. The van der Waals surface area contributed by atoms with E-state index in [-0.39, 0.29) is 18.5 Å². The predicted octanol–water partition coefficient (Wildman–Crippen LogP) is 2.83. The highest BCUT2D eigenvalue weighted by molar-refractivity contribution is 9.10. The zero-order valence-electron chi connectivity index (χ0n) is 14.0. The van der Waals surface area contributed by atoms with Crippen molar-refractivity contribution in [3.05, 3.63) is 28.2 Å². The Bertz CT molecular complexity index is 750. The predicted molar refractivity (Wildman–Crippen MR) is 98.4 cm³/mol. The van der Waals surface area contributed by atoms with Gasteiger partial charge in [-0.1, -0.05) is 22.4 Å². The van der Waals surface area contributed by atoms with Crippen molar-refractivity contribution in [3.63, 3.8) is 0 Å². The van der Waals surface area contributed by atoms with Gasteiger partial charge in [0.25, 0.3) is 0 Å². The molecule has 7 heteroatoms. The molecule has 0 heterocycles. The lowest BCUT2D eigenvalue weighted by Gasteiger charge is -2.26. The first-order chi connectivity index (χ1) is 11.2. The van der Waals surface area contributed by atoms with Crippen LogP contribution < -0.4 is 9.62 Å². The van der Waals surface area contributed by atoms with Crippen molar-refractivity contribution in [1.82, 2.24) is 5.32 Å². The number of nitrogens with zero attached hydrogens (tertiary/aromatic N) is 1. The van der Waals surface area contributed by atoms with Crippen molar-refractivity contribution in [3.8, 4) is 0 Å². The van der Waals surface area contributed by atoms with E-state index in [4.69, 9.17) is 0 Å². The molecular weight excluding hydrogens is 392 g/mol. The Hall–Kier alpha value is -1.08. The number of carbonyl (C=O) groups excluding carboxylic acids is 1. The van der Waals surface area contributed by atoms with E-state index in [1.54, 1.807) is 18.2 Å². The summed E-state index contributed by atoms with van der Waals surface area (Å²) < 4.78 is 26.4. The number of halogens is 1. The molecule has 2 saturated carbocycles. The van der Waals surface area contributed by atoms with Crippen LogP contribution in [0.15, 0.2) is 22.7 Å². The molecule has 0 spiro atoms. The van der Waals surface area contributed by atoms with Crippen molar-refractivity contribution in [2.24, 2.45) is 11.8 Å². The minimum absolute atomic E-state index is 0.173. The molecule has 2 aliphatic carbocycles. The third-order valence-electron chi connectivity index (χ3n) is 5.20. The minimum Gasteiger partial charge on any atom is -0.352 e. The summed E-state index contributed by atoms with van der Waals surface area (Å²) in [4.78, 5) is 12.4.